The van der Waals surface area contributed by atoms with E-state index in [4.69, 9.17) is 9.26 Å². The Bertz CT molecular complexity index is 356. The Labute approximate surface area is 101 Å². The van der Waals surface area contributed by atoms with Crippen LogP contribution < -0.4 is 0 Å². The number of likely N-dealkylation sites (tertiary alicyclic amines) is 1. The van der Waals surface area contributed by atoms with E-state index in [1.165, 1.54) is 0 Å². The summed E-state index contributed by atoms with van der Waals surface area (Å²) in [6.45, 7) is 3.16. The molecule has 1 aliphatic rings. The van der Waals surface area contributed by atoms with Crippen LogP contribution in [0, 0.1) is 5.92 Å². The third-order valence-electron chi connectivity index (χ3n) is 3.10. The minimum Gasteiger partial charge on any atom is -0.377 e. The maximum Gasteiger partial charge on any atom is 0.162 e. The number of ether oxygens (including phenoxy) is 1. The fraction of sp³-hybridized carbons (Fsp3) is 0.667. The molecule has 1 saturated heterocycles. The number of carbonyl (C=O) groups is 1. The van der Waals surface area contributed by atoms with Gasteiger partial charge in [-0.25, -0.2) is 0 Å². The number of hydrogen-bond acceptors (Lipinski definition) is 5. The highest BCUT2D eigenvalue weighted by Gasteiger charge is 2.19. The molecule has 2 rings (SSSR count). The molecule has 1 aromatic heterocycles. The molecular weight excluding hydrogens is 220 g/mol. The first-order valence-corrected chi connectivity index (χ1v) is 5.93. The molecule has 2 heterocycles. The molecule has 0 bridgehead atoms. The molecule has 0 amide bonds. The Balaban J connectivity index is 1.82. The maximum absolute atomic E-state index is 10.6. The molecule has 5 heteroatoms. The van der Waals surface area contributed by atoms with Gasteiger partial charge < -0.3 is 14.1 Å². The van der Waals surface area contributed by atoms with Crippen molar-refractivity contribution in [1.29, 1.82) is 0 Å². The average Bonchev–Trinajstić information content (AvgIpc) is 2.78. The lowest BCUT2D eigenvalue weighted by Crippen LogP contribution is -2.33. The van der Waals surface area contributed by atoms with Crippen LogP contribution in [0.2, 0.25) is 0 Å². The van der Waals surface area contributed by atoms with E-state index in [1.807, 2.05) is 6.07 Å². The lowest BCUT2D eigenvalue weighted by atomic mass is 9.98. The van der Waals surface area contributed by atoms with E-state index in [2.05, 4.69) is 10.1 Å². The van der Waals surface area contributed by atoms with Crippen molar-refractivity contribution in [1.82, 2.24) is 10.1 Å². The van der Waals surface area contributed by atoms with Crippen LogP contribution >= 0.6 is 0 Å². The lowest BCUT2D eigenvalue weighted by molar-refractivity contribution is -0.112. The Kier molecular flexibility index (Phi) is 4.28. The highest BCUT2D eigenvalue weighted by atomic mass is 16.5. The highest BCUT2D eigenvalue weighted by Crippen LogP contribution is 2.17. The molecule has 17 heavy (non-hydrogen) atoms. The average molecular weight is 238 g/mol. The van der Waals surface area contributed by atoms with Crippen molar-refractivity contribution in [3.63, 3.8) is 0 Å². The standard InChI is InChI=1S/C12H18N2O3/c1-16-9-12-6-11(13-17-12)7-14-4-2-10(8-15)3-5-14/h6,8,10H,2-5,7,9H2,1H3. The summed E-state index contributed by atoms with van der Waals surface area (Å²) in [6.07, 6.45) is 2.97. The molecule has 1 fully saturated rings. The van der Waals surface area contributed by atoms with Crippen LogP contribution in [0.25, 0.3) is 0 Å². The van der Waals surface area contributed by atoms with Crippen LogP contribution in [0.5, 0.6) is 0 Å². The van der Waals surface area contributed by atoms with Gasteiger partial charge in [-0.15, -0.1) is 0 Å². The van der Waals surface area contributed by atoms with Crippen molar-refractivity contribution in [3.8, 4) is 0 Å². The van der Waals surface area contributed by atoms with Crippen molar-refractivity contribution in [3.05, 3.63) is 17.5 Å². The molecule has 0 radical (unpaired) electrons. The quantitative estimate of drug-likeness (QED) is 0.722. The number of aromatic nitrogens is 1. The normalized spacial score (nSPS) is 18.4. The number of aldehydes is 1. The summed E-state index contributed by atoms with van der Waals surface area (Å²) >= 11 is 0. The Hall–Kier alpha value is -1.20. The topological polar surface area (TPSA) is 55.6 Å². The molecule has 0 N–H and O–H groups in total. The minimum absolute atomic E-state index is 0.243. The van der Waals surface area contributed by atoms with Gasteiger partial charge in [0.05, 0.1) is 5.69 Å². The summed E-state index contributed by atoms with van der Waals surface area (Å²) < 4.78 is 10.1. The van der Waals surface area contributed by atoms with Gasteiger partial charge >= 0.3 is 0 Å². The van der Waals surface area contributed by atoms with E-state index in [1.54, 1.807) is 7.11 Å². The second-order valence-corrected chi connectivity index (χ2v) is 4.47. The predicted molar refractivity (Wildman–Crippen MR) is 61.3 cm³/mol. The summed E-state index contributed by atoms with van der Waals surface area (Å²) in [7, 11) is 1.63. The number of nitrogens with zero attached hydrogens (tertiary/aromatic N) is 2. The van der Waals surface area contributed by atoms with Gasteiger partial charge in [0.25, 0.3) is 0 Å². The zero-order chi connectivity index (χ0) is 12.1. The van der Waals surface area contributed by atoms with Gasteiger partial charge in [-0.1, -0.05) is 5.16 Å². The van der Waals surface area contributed by atoms with E-state index in [-0.39, 0.29) is 5.92 Å². The number of piperidine rings is 1. The van der Waals surface area contributed by atoms with Crippen LogP contribution in [-0.4, -0.2) is 36.5 Å². The number of carbonyl (C=O) groups excluding carboxylic acids is 1. The van der Waals surface area contributed by atoms with Crippen molar-refractivity contribution >= 4 is 6.29 Å². The second-order valence-electron chi connectivity index (χ2n) is 4.47. The molecule has 0 spiro atoms. The lowest BCUT2D eigenvalue weighted by Gasteiger charge is -2.28. The minimum atomic E-state index is 0.243. The largest absolute Gasteiger partial charge is 0.377 e. The van der Waals surface area contributed by atoms with Crippen molar-refractivity contribution in [2.45, 2.75) is 26.0 Å². The number of methoxy groups -OCH3 is 1. The summed E-state index contributed by atoms with van der Waals surface area (Å²) in [5, 5.41) is 4.00. The van der Waals surface area contributed by atoms with Crippen LogP contribution in [-0.2, 0) is 22.7 Å². The van der Waals surface area contributed by atoms with Crippen LogP contribution in [0.3, 0.4) is 0 Å². The van der Waals surface area contributed by atoms with E-state index in [0.717, 1.165) is 50.2 Å². The number of rotatable bonds is 5. The van der Waals surface area contributed by atoms with Gasteiger partial charge in [0.1, 0.15) is 12.9 Å². The summed E-state index contributed by atoms with van der Waals surface area (Å²) in [4.78, 5) is 12.9. The fourth-order valence-corrected chi connectivity index (χ4v) is 2.12. The summed E-state index contributed by atoms with van der Waals surface area (Å²) in [5.41, 5.74) is 0.932. The van der Waals surface area contributed by atoms with Gasteiger partial charge in [0, 0.05) is 25.6 Å². The van der Waals surface area contributed by atoms with E-state index >= 15 is 0 Å². The molecule has 5 nitrogen and oxygen atoms in total. The smallest absolute Gasteiger partial charge is 0.162 e. The Morgan fingerprint density at radius 2 is 2.35 bits per heavy atom. The van der Waals surface area contributed by atoms with Gasteiger partial charge in [-0.2, -0.15) is 0 Å². The van der Waals surface area contributed by atoms with E-state index in [0.29, 0.717) is 6.61 Å². The highest BCUT2D eigenvalue weighted by molar-refractivity contribution is 5.53. The van der Waals surface area contributed by atoms with Crippen molar-refractivity contribution in [2.24, 2.45) is 5.92 Å². The maximum atomic E-state index is 10.6. The monoisotopic (exact) mass is 238 g/mol. The zero-order valence-corrected chi connectivity index (χ0v) is 10.1. The van der Waals surface area contributed by atoms with Gasteiger partial charge in [-0.05, 0) is 25.9 Å². The second kappa shape index (κ2) is 5.93. The Morgan fingerprint density at radius 3 is 3.00 bits per heavy atom. The third-order valence-corrected chi connectivity index (χ3v) is 3.10. The summed E-state index contributed by atoms with van der Waals surface area (Å²) in [5.74, 6) is 0.998. The third kappa shape index (κ3) is 3.38. The van der Waals surface area contributed by atoms with E-state index in [9.17, 15) is 4.79 Å². The molecule has 1 aliphatic heterocycles. The SMILES string of the molecule is COCc1cc(CN2CCC(C=O)CC2)no1. The van der Waals surface area contributed by atoms with Gasteiger partial charge in [-0.3, -0.25) is 4.90 Å². The molecular formula is C12H18N2O3. The molecule has 0 unspecified atom stereocenters. The molecule has 94 valence electrons. The molecule has 1 aromatic rings. The first-order chi connectivity index (χ1) is 8.31. The van der Waals surface area contributed by atoms with Gasteiger partial charge in [0.2, 0.25) is 0 Å². The first-order valence-electron chi connectivity index (χ1n) is 5.93. The summed E-state index contributed by atoms with van der Waals surface area (Å²) in [6, 6.07) is 1.93. The zero-order valence-electron chi connectivity index (χ0n) is 10.1. The van der Waals surface area contributed by atoms with Crippen molar-refractivity contribution < 1.29 is 14.1 Å². The molecule has 0 aromatic carbocycles. The Morgan fingerprint density at radius 1 is 1.59 bits per heavy atom. The van der Waals surface area contributed by atoms with Gasteiger partial charge in [0.15, 0.2) is 5.76 Å². The van der Waals surface area contributed by atoms with Crippen LogP contribution in [0.1, 0.15) is 24.3 Å². The van der Waals surface area contributed by atoms with Crippen LogP contribution in [0.15, 0.2) is 10.6 Å². The first kappa shape index (κ1) is 12.3. The molecule has 0 aliphatic carbocycles. The fourth-order valence-electron chi connectivity index (χ4n) is 2.12. The molecule has 0 atom stereocenters. The van der Waals surface area contributed by atoms with Crippen LogP contribution in [0.4, 0.5) is 0 Å². The van der Waals surface area contributed by atoms with E-state index < -0.39 is 0 Å². The molecule has 0 saturated carbocycles. The predicted octanol–water partition coefficient (Wildman–Crippen LogP) is 1.23. The van der Waals surface area contributed by atoms with Crippen molar-refractivity contribution in [2.75, 3.05) is 20.2 Å². The number of hydrogen-bond donors (Lipinski definition) is 0.